The maximum absolute atomic E-state index is 13.7. The fraction of sp³-hybridized carbons (Fsp3) is 0.552. The maximum atomic E-state index is 13.7. The molecule has 1 aromatic carbocycles. The van der Waals surface area contributed by atoms with Crippen molar-refractivity contribution in [2.24, 2.45) is 0 Å². The molecule has 16 heteroatoms. The van der Waals surface area contributed by atoms with Gasteiger partial charge in [0.25, 0.3) is 0 Å². The summed E-state index contributed by atoms with van der Waals surface area (Å²) in [6.07, 6.45) is -6.56. The molecule has 1 heterocycles. The average Bonchev–Trinajstić information content (AvgIpc) is 2.97. The van der Waals surface area contributed by atoms with Crippen LogP contribution >= 0.6 is 0 Å². The highest BCUT2D eigenvalue weighted by molar-refractivity contribution is 7.92. The Hall–Kier alpha value is -3.09. The quantitative estimate of drug-likeness (QED) is 0.118. The summed E-state index contributed by atoms with van der Waals surface area (Å²) in [4.78, 5) is 22.5. The first-order chi connectivity index (χ1) is 20.9. The number of nitrogens with zero attached hydrogens (tertiary/aromatic N) is 4. The van der Waals surface area contributed by atoms with Crippen molar-refractivity contribution in [3.8, 4) is 11.3 Å². The zero-order chi connectivity index (χ0) is 34.2. The van der Waals surface area contributed by atoms with E-state index in [0.29, 0.717) is 16.8 Å². The second-order valence-corrected chi connectivity index (χ2v) is 13.2. The number of rotatable bonds is 16. The zero-order valence-electron chi connectivity index (χ0n) is 25.8. The number of aliphatic hydroxyl groups excluding tert-OH is 7. The number of amides is 1. The van der Waals surface area contributed by atoms with Crippen LogP contribution < -0.4 is 4.31 Å². The van der Waals surface area contributed by atoms with Crippen molar-refractivity contribution >= 4 is 28.0 Å². The fourth-order valence-electron chi connectivity index (χ4n) is 4.25. The van der Waals surface area contributed by atoms with Gasteiger partial charge in [0.05, 0.1) is 42.9 Å². The Labute approximate surface area is 261 Å². The van der Waals surface area contributed by atoms with Gasteiger partial charge in [-0.25, -0.2) is 27.1 Å². The second kappa shape index (κ2) is 16.5. The van der Waals surface area contributed by atoms with Crippen LogP contribution in [0.15, 0.2) is 30.3 Å². The Morgan fingerprint density at radius 3 is 2.09 bits per heavy atom. The molecule has 0 bridgehead atoms. The highest BCUT2D eigenvalue weighted by Gasteiger charge is 2.31. The van der Waals surface area contributed by atoms with Crippen molar-refractivity contribution < 1.29 is 53.3 Å². The van der Waals surface area contributed by atoms with Gasteiger partial charge in [-0.05, 0) is 30.2 Å². The summed E-state index contributed by atoms with van der Waals surface area (Å²) in [5.74, 6) is -1.48. The van der Waals surface area contributed by atoms with Gasteiger partial charge >= 0.3 is 0 Å². The number of anilines is 1. The molecule has 7 N–H and O–H groups in total. The lowest BCUT2D eigenvalue weighted by Gasteiger charge is -2.29. The summed E-state index contributed by atoms with van der Waals surface area (Å²) >= 11 is 0. The Morgan fingerprint density at radius 1 is 0.978 bits per heavy atom. The number of carbonyl (C=O) groups excluding carboxylic acids is 1. The van der Waals surface area contributed by atoms with Crippen molar-refractivity contribution in [3.05, 3.63) is 47.4 Å². The molecule has 2 aromatic rings. The molecule has 0 radical (unpaired) electrons. The largest absolute Gasteiger partial charge is 0.394 e. The van der Waals surface area contributed by atoms with E-state index in [2.05, 4.69) is 9.97 Å². The number of hydrogen-bond donors (Lipinski definition) is 7. The molecule has 0 aliphatic heterocycles. The third kappa shape index (κ3) is 10.7. The smallest absolute Gasteiger partial charge is 0.239 e. The topological polar surface area (TPSA) is 225 Å². The molecule has 0 fully saturated rings. The monoisotopic (exact) mass is 658 g/mol. The van der Waals surface area contributed by atoms with Gasteiger partial charge in [-0.1, -0.05) is 26.0 Å². The summed E-state index contributed by atoms with van der Waals surface area (Å²) < 4.78 is 39.0. The molecule has 2 rings (SSSR count). The van der Waals surface area contributed by atoms with Crippen LogP contribution in [-0.4, -0.2) is 135 Å². The van der Waals surface area contributed by atoms with Crippen molar-refractivity contribution in [2.75, 3.05) is 37.8 Å². The molecule has 0 aliphatic carbocycles. The van der Waals surface area contributed by atoms with E-state index < -0.39 is 77.9 Å². The molecule has 0 spiro atoms. The van der Waals surface area contributed by atoms with Crippen LogP contribution in [0.3, 0.4) is 0 Å². The summed E-state index contributed by atoms with van der Waals surface area (Å²) in [5, 5.41) is 69.3. The first-order valence-corrected chi connectivity index (χ1v) is 15.9. The van der Waals surface area contributed by atoms with Gasteiger partial charge in [0.15, 0.2) is 0 Å². The van der Waals surface area contributed by atoms with Gasteiger partial charge in [-0.15, -0.1) is 0 Å². The van der Waals surface area contributed by atoms with E-state index in [9.17, 15) is 48.2 Å². The maximum Gasteiger partial charge on any atom is 0.239 e. The van der Waals surface area contributed by atoms with Crippen LogP contribution in [0.2, 0.25) is 0 Å². The minimum atomic E-state index is -3.72. The van der Waals surface area contributed by atoms with Crippen LogP contribution in [0.4, 0.5) is 10.3 Å². The molecule has 14 nitrogen and oxygen atoms in total. The van der Waals surface area contributed by atoms with Crippen molar-refractivity contribution in [1.29, 1.82) is 0 Å². The van der Waals surface area contributed by atoms with Gasteiger partial charge in [-0.3, -0.25) is 4.79 Å². The second-order valence-electron chi connectivity index (χ2n) is 11.2. The van der Waals surface area contributed by atoms with Crippen molar-refractivity contribution in [3.63, 3.8) is 0 Å². The molecule has 1 aromatic heterocycles. The number of carbonyl (C=O) groups is 1. The predicted molar refractivity (Wildman–Crippen MR) is 164 cm³/mol. The highest BCUT2D eigenvalue weighted by atomic mass is 32.2. The molecule has 45 heavy (non-hydrogen) atoms. The molecule has 0 saturated carbocycles. The number of aromatic nitrogens is 2. The lowest BCUT2D eigenvalue weighted by molar-refractivity contribution is -0.139. The summed E-state index contributed by atoms with van der Waals surface area (Å²) in [7, 11) is -1.13. The number of halogens is 1. The van der Waals surface area contributed by atoms with E-state index >= 15 is 0 Å². The van der Waals surface area contributed by atoms with Gasteiger partial charge in [0.2, 0.25) is 21.9 Å². The third-order valence-corrected chi connectivity index (χ3v) is 8.19. The number of hydrogen-bond acceptors (Lipinski definition) is 12. The fourth-order valence-corrected chi connectivity index (χ4v) is 4.63. The number of benzene rings is 1. The number of sulfonamides is 1. The van der Waals surface area contributed by atoms with E-state index in [-0.39, 0.29) is 24.0 Å². The van der Waals surface area contributed by atoms with Crippen LogP contribution in [0, 0.1) is 5.82 Å². The molecule has 252 valence electrons. The molecule has 0 unspecified atom stereocenters. The molecule has 0 saturated heterocycles. The first-order valence-electron chi connectivity index (χ1n) is 14.1. The lowest BCUT2D eigenvalue weighted by Crippen LogP contribution is -2.50. The van der Waals surface area contributed by atoms with Gasteiger partial charge in [0, 0.05) is 38.2 Å². The molecular weight excluding hydrogens is 615 g/mol. The Morgan fingerprint density at radius 2 is 1.56 bits per heavy atom. The highest BCUT2D eigenvalue weighted by Crippen LogP contribution is 2.31. The standard InChI is InChI=1S/C29H43FN4O10S/c1-16(2)25-21(26(17-6-8-18(30)9-7-17)32-29(31-25)34(4)45(5,43)44)11-10-19(36)12-20(37)13-24(40)33(3)14-22(38)27(41)28(42)23(39)15-35/h6-11,16,19-20,22-23,27-28,35-39,41-42H,12-15H2,1-5H3/b11-10+/t19-,20-,22+,23-,27-,28-/m1/s1. The SMILES string of the molecule is CC(C)c1nc(N(C)S(C)(=O)=O)nc(-c2ccc(F)cc2)c1/C=C/[C@@H](O)C[C@@H](O)CC(=O)N(C)C[C@H](O)[C@@H](O)[C@H](O)[C@H](O)CO. The predicted octanol–water partition coefficient (Wildman–Crippen LogP) is -0.789. The van der Waals surface area contributed by atoms with Gasteiger partial charge in [0.1, 0.15) is 30.2 Å². The summed E-state index contributed by atoms with van der Waals surface area (Å²) in [6, 6.07) is 5.38. The number of aliphatic hydroxyl groups is 7. The molecule has 1 amide bonds. The van der Waals surface area contributed by atoms with Crippen LogP contribution in [0.25, 0.3) is 17.3 Å². The Bertz CT molecular complexity index is 1410. The molecule has 6 atom stereocenters. The van der Waals surface area contributed by atoms with Crippen LogP contribution in [-0.2, 0) is 14.8 Å². The van der Waals surface area contributed by atoms with E-state index in [4.69, 9.17) is 5.11 Å². The van der Waals surface area contributed by atoms with Crippen LogP contribution in [0.5, 0.6) is 0 Å². The normalized spacial score (nSPS) is 16.3. The van der Waals surface area contributed by atoms with Crippen molar-refractivity contribution in [2.45, 2.75) is 69.2 Å². The van der Waals surface area contributed by atoms with E-state index in [1.54, 1.807) is 0 Å². The van der Waals surface area contributed by atoms with Gasteiger partial charge < -0.3 is 40.6 Å². The Balaban J connectivity index is 2.25. The molecular formula is C29H43FN4O10S. The van der Waals surface area contributed by atoms with Crippen molar-refractivity contribution in [1.82, 2.24) is 14.9 Å². The first kappa shape index (κ1) is 38.1. The summed E-state index contributed by atoms with van der Waals surface area (Å²) in [6.45, 7) is 2.34. The minimum absolute atomic E-state index is 0.104. The van der Waals surface area contributed by atoms with E-state index in [1.807, 2.05) is 13.8 Å². The summed E-state index contributed by atoms with van der Waals surface area (Å²) in [5.41, 5.74) is 1.59. The Kier molecular flexibility index (Phi) is 13.9. The zero-order valence-corrected chi connectivity index (χ0v) is 26.6. The average molecular weight is 659 g/mol. The van der Waals surface area contributed by atoms with E-state index in [0.717, 1.165) is 15.5 Å². The third-order valence-electron chi connectivity index (χ3n) is 7.03. The van der Waals surface area contributed by atoms with Crippen LogP contribution in [0.1, 0.15) is 43.9 Å². The van der Waals surface area contributed by atoms with E-state index in [1.165, 1.54) is 50.5 Å². The molecule has 0 aliphatic rings. The lowest BCUT2D eigenvalue weighted by atomic mass is 9.97. The van der Waals surface area contributed by atoms with Gasteiger partial charge in [-0.2, -0.15) is 0 Å². The number of likely N-dealkylation sites (N-methyl/N-ethyl adjacent to an activating group) is 1. The minimum Gasteiger partial charge on any atom is -0.394 e.